The van der Waals surface area contributed by atoms with Crippen LogP contribution in [0.2, 0.25) is 5.02 Å². The fourth-order valence-corrected chi connectivity index (χ4v) is 3.20. The van der Waals surface area contributed by atoms with Crippen LogP contribution in [0.15, 0.2) is 60.8 Å². The van der Waals surface area contributed by atoms with Gasteiger partial charge in [0.1, 0.15) is 11.6 Å². The highest BCUT2D eigenvalue weighted by atomic mass is 35.5. The van der Waals surface area contributed by atoms with Crippen molar-refractivity contribution in [3.8, 4) is 0 Å². The molecule has 0 saturated carbocycles. The minimum atomic E-state index is -0.475. The molecule has 1 aliphatic rings. The largest absolute Gasteiger partial charge is 0.340 e. The van der Waals surface area contributed by atoms with Crippen LogP contribution in [-0.2, 0) is 6.42 Å². The third kappa shape index (κ3) is 3.13. The molecule has 1 amide bonds. The molecule has 130 valence electrons. The highest BCUT2D eigenvalue weighted by molar-refractivity contribution is 6.31. The molecule has 0 unspecified atom stereocenters. The van der Waals surface area contributed by atoms with E-state index >= 15 is 0 Å². The fourth-order valence-electron chi connectivity index (χ4n) is 3.02. The molecule has 2 heterocycles. The maximum atomic E-state index is 13.2. The number of benzene rings is 2. The normalized spacial score (nSPS) is 12.8. The highest BCUT2D eigenvalue weighted by Gasteiger charge is 2.25. The molecule has 1 aliphatic heterocycles. The Morgan fingerprint density at radius 2 is 2.00 bits per heavy atom. The zero-order chi connectivity index (χ0) is 18.1. The average molecular weight is 368 g/mol. The Labute approximate surface area is 155 Å². The molecule has 0 spiro atoms. The van der Waals surface area contributed by atoms with E-state index in [1.54, 1.807) is 23.1 Å². The smallest absolute Gasteiger partial charge is 0.259 e. The van der Waals surface area contributed by atoms with E-state index < -0.39 is 5.82 Å². The van der Waals surface area contributed by atoms with Crippen molar-refractivity contribution >= 4 is 34.7 Å². The first kappa shape index (κ1) is 16.5. The van der Waals surface area contributed by atoms with E-state index in [0.717, 1.165) is 12.1 Å². The van der Waals surface area contributed by atoms with E-state index in [-0.39, 0.29) is 10.9 Å². The topological polar surface area (TPSA) is 45.2 Å². The first-order chi connectivity index (χ1) is 12.6. The van der Waals surface area contributed by atoms with Crippen LogP contribution in [0.5, 0.6) is 0 Å². The third-order valence-electron chi connectivity index (χ3n) is 4.33. The van der Waals surface area contributed by atoms with Crippen molar-refractivity contribution in [2.24, 2.45) is 0 Å². The van der Waals surface area contributed by atoms with Crippen molar-refractivity contribution < 1.29 is 9.18 Å². The maximum Gasteiger partial charge on any atom is 0.259 e. The molecule has 1 aromatic heterocycles. The van der Waals surface area contributed by atoms with Gasteiger partial charge in [0, 0.05) is 24.1 Å². The zero-order valence-corrected chi connectivity index (χ0v) is 14.5. The van der Waals surface area contributed by atoms with Gasteiger partial charge < -0.3 is 10.2 Å². The Kier molecular flexibility index (Phi) is 4.31. The number of carbonyl (C=O) groups is 1. The van der Waals surface area contributed by atoms with Crippen LogP contribution in [0, 0.1) is 5.82 Å². The second-order valence-electron chi connectivity index (χ2n) is 6.02. The number of anilines is 3. The van der Waals surface area contributed by atoms with Crippen molar-refractivity contribution in [1.29, 1.82) is 0 Å². The Morgan fingerprint density at radius 3 is 2.77 bits per heavy atom. The molecule has 0 saturated heterocycles. The Balaban J connectivity index is 1.51. The van der Waals surface area contributed by atoms with E-state index in [0.29, 0.717) is 23.6 Å². The van der Waals surface area contributed by atoms with Crippen LogP contribution in [0.3, 0.4) is 0 Å². The molecule has 2 aromatic carbocycles. The van der Waals surface area contributed by atoms with Crippen LogP contribution in [0.4, 0.5) is 21.6 Å². The molecule has 26 heavy (non-hydrogen) atoms. The molecule has 0 atom stereocenters. The lowest BCUT2D eigenvalue weighted by atomic mass is 10.2. The van der Waals surface area contributed by atoms with Crippen molar-refractivity contribution in [1.82, 2.24) is 4.98 Å². The first-order valence-corrected chi connectivity index (χ1v) is 8.57. The standard InChI is InChI=1S/C20H15ClFN3O/c21-16-11-15(6-7-17(16)22)24-19-8-5-14(12-23-19)20(26)25-10-9-13-3-1-2-4-18(13)25/h1-8,11-12H,9-10H2,(H,23,24). The van der Waals surface area contributed by atoms with Crippen molar-refractivity contribution in [2.75, 3.05) is 16.8 Å². The van der Waals surface area contributed by atoms with Gasteiger partial charge in [-0.25, -0.2) is 9.37 Å². The molecule has 0 fully saturated rings. The molecule has 6 heteroatoms. The molecule has 4 rings (SSSR count). The lowest BCUT2D eigenvalue weighted by molar-refractivity contribution is 0.0989. The lowest BCUT2D eigenvalue weighted by Gasteiger charge is -2.17. The number of rotatable bonds is 3. The lowest BCUT2D eigenvalue weighted by Crippen LogP contribution is -2.28. The predicted octanol–water partition coefficient (Wildman–Crippen LogP) is 4.82. The van der Waals surface area contributed by atoms with Gasteiger partial charge in [-0.15, -0.1) is 0 Å². The number of nitrogens with zero attached hydrogens (tertiary/aromatic N) is 2. The van der Waals surface area contributed by atoms with Gasteiger partial charge in [-0.05, 0) is 48.4 Å². The number of carbonyl (C=O) groups excluding carboxylic acids is 1. The monoisotopic (exact) mass is 367 g/mol. The Bertz CT molecular complexity index is 975. The third-order valence-corrected chi connectivity index (χ3v) is 4.62. The summed E-state index contributed by atoms with van der Waals surface area (Å²) in [7, 11) is 0. The summed E-state index contributed by atoms with van der Waals surface area (Å²) in [6.07, 6.45) is 2.40. The molecule has 4 nitrogen and oxygen atoms in total. The fraction of sp³-hybridized carbons (Fsp3) is 0.100. The van der Waals surface area contributed by atoms with Gasteiger partial charge in [0.05, 0.1) is 10.6 Å². The van der Waals surface area contributed by atoms with Gasteiger partial charge in [0.2, 0.25) is 0 Å². The van der Waals surface area contributed by atoms with E-state index in [9.17, 15) is 9.18 Å². The summed E-state index contributed by atoms with van der Waals surface area (Å²) in [5.74, 6) is 0.00175. The summed E-state index contributed by atoms with van der Waals surface area (Å²) < 4.78 is 13.2. The summed E-state index contributed by atoms with van der Waals surface area (Å²) in [6, 6.07) is 15.7. The van der Waals surface area contributed by atoms with Gasteiger partial charge in [0.25, 0.3) is 5.91 Å². The molecule has 0 radical (unpaired) electrons. The van der Waals surface area contributed by atoms with Gasteiger partial charge >= 0.3 is 0 Å². The summed E-state index contributed by atoms with van der Waals surface area (Å²) in [4.78, 5) is 18.8. The van der Waals surface area contributed by atoms with Crippen LogP contribution in [0.25, 0.3) is 0 Å². The number of hydrogen-bond donors (Lipinski definition) is 1. The van der Waals surface area contributed by atoms with Crippen LogP contribution >= 0.6 is 11.6 Å². The quantitative estimate of drug-likeness (QED) is 0.721. The van der Waals surface area contributed by atoms with Crippen molar-refractivity contribution in [3.63, 3.8) is 0 Å². The first-order valence-electron chi connectivity index (χ1n) is 8.20. The van der Waals surface area contributed by atoms with Crippen LogP contribution < -0.4 is 10.2 Å². The van der Waals surface area contributed by atoms with E-state index in [1.165, 1.54) is 23.9 Å². The molecule has 1 N–H and O–H groups in total. The van der Waals surface area contributed by atoms with Gasteiger partial charge in [-0.2, -0.15) is 0 Å². The summed E-state index contributed by atoms with van der Waals surface area (Å²) >= 11 is 5.78. The summed E-state index contributed by atoms with van der Waals surface area (Å²) in [5, 5.41) is 3.07. The van der Waals surface area contributed by atoms with E-state index in [4.69, 9.17) is 11.6 Å². The number of aromatic nitrogens is 1. The molecular formula is C20H15ClFN3O. The molecular weight excluding hydrogens is 353 g/mol. The van der Waals surface area contributed by atoms with Crippen LogP contribution in [0.1, 0.15) is 15.9 Å². The minimum Gasteiger partial charge on any atom is -0.340 e. The summed E-state index contributed by atoms with van der Waals surface area (Å²) in [5.41, 5.74) is 3.28. The number of hydrogen-bond acceptors (Lipinski definition) is 3. The summed E-state index contributed by atoms with van der Waals surface area (Å²) in [6.45, 7) is 0.673. The highest BCUT2D eigenvalue weighted by Crippen LogP contribution is 2.29. The van der Waals surface area contributed by atoms with E-state index in [2.05, 4.69) is 10.3 Å². The van der Waals surface area contributed by atoms with Crippen LogP contribution in [-0.4, -0.2) is 17.4 Å². The van der Waals surface area contributed by atoms with Crippen molar-refractivity contribution in [3.05, 3.63) is 82.8 Å². The number of fused-ring (bicyclic) bond motifs is 1. The second kappa shape index (κ2) is 6.77. The number of nitrogens with one attached hydrogen (secondary N) is 1. The van der Waals surface area contributed by atoms with Gasteiger partial charge in [-0.1, -0.05) is 29.8 Å². The number of para-hydroxylation sites is 1. The number of halogens is 2. The van der Waals surface area contributed by atoms with Gasteiger partial charge in [0.15, 0.2) is 0 Å². The zero-order valence-electron chi connectivity index (χ0n) is 13.7. The predicted molar refractivity (Wildman–Crippen MR) is 101 cm³/mol. The Hall–Kier alpha value is -2.92. The second-order valence-corrected chi connectivity index (χ2v) is 6.43. The molecule has 3 aromatic rings. The van der Waals surface area contributed by atoms with Crippen molar-refractivity contribution in [2.45, 2.75) is 6.42 Å². The minimum absolute atomic E-state index is 0.0366. The number of pyridine rings is 1. The molecule has 0 bridgehead atoms. The Morgan fingerprint density at radius 1 is 1.15 bits per heavy atom. The van der Waals surface area contributed by atoms with E-state index in [1.807, 2.05) is 24.3 Å². The average Bonchev–Trinajstić information content (AvgIpc) is 3.09. The SMILES string of the molecule is O=C(c1ccc(Nc2ccc(F)c(Cl)c2)nc1)N1CCc2ccccc21. The maximum absolute atomic E-state index is 13.2. The number of amides is 1. The molecule has 0 aliphatic carbocycles. The van der Waals surface area contributed by atoms with Gasteiger partial charge in [-0.3, -0.25) is 4.79 Å².